The van der Waals surface area contributed by atoms with Crippen LogP contribution < -0.4 is 5.43 Å². The number of carbonyl (C=O) groups is 1. The Kier molecular flexibility index (Phi) is 4.89. The molecule has 4 heteroatoms. The van der Waals surface area contributed by atoms with E-state index in [1.54, 1.807) is 24.4 Å². The van der Waals surface area contributed by atoms with Gasteiger partial charge in [-0.05, 0) is 30.5 Å². The van der Waals surface area contributed by atoms with Gasteiger partial charge in [0.05, 0.1) is 5.56 Å². The molecule has 2 aromatic carbocycles. The van der Waals surface area contributed by atoms with Crippen LogP contribution in [0.4, 0.5) is 0 Å². The van der Waals surface area contributed by atoms with Crippen LogP contribution in [0.3, 0.4) is 0 Å². The van der Waals surface area contributed by atoms with E-state index in [-0.39, 0.29) is 11.3 Å². The fourth-order valence-corrected chi connectivity index (χ4v) is 1.77. The molecule has 2 rings (SSSR count). The minimum Gasteiger partial charge on any atom is -0.507 e. The smallest absolute Gasteiger partial charge is 0.275 e. The van der Waals surface area contributed by atoms with E-state index in [1.165, 1.54) is 11.6 Å². The van der Waals surface area contributed by atoms with E-state index in [1.807, 2.05) is 18.2 Å². The maximum atomic E-state index is 11.7. The number of amides is 1. The third-order valence-corrected chi connectivity index (χ3v) is 2.81. The minimum atomic E-state index is -0.418. The number of phenolic OH excluding ortho intramolecular Hbond substituents is 1. The second-order valence-corrected chi connectivity index (χ2v) is 4.29. The monoisotopic (exact) mass is 268 g/mol. The van der Waals surface area contributed by atoms with Gasteiger partial charge in [-0.25, -0.2) is 5.43 Å². The molecule has 0 aliphatic rings. The molecule has 102 valence electrons. The molecule has 1 amide bonds. The summed E-state index contributed by atoms with van der Waals surface area (Å²) in [6.07, 6.45) is 3.27. The lowest BCUT2D eigenvalue weighted by molar-refractivity contribution is 0.0952. The van der Waals surface area contributed by atoms with Crippen molar-refractivity contribution in [2.45, 2.75) is 12.8 Å². The summed E-state index contributed by atoms with van der Waals surface area (Å²) in [4.78, 5) is 11.7. The van der Waals surface area contributed by atoms with Crippen molar-refractivity contribution in [3.8, 4) is 5.75 Å². The van der Waals surface area contributed by atoms with Crippen LogP contribution in [0, 0.1) is 0 Å². The van der Waals surface area contributed by atoms with Crippen molar-refractivity contribution < 1.29 is 9.90 Å². The van der Waals surface area contributed by atoms with Gasteiger partial charge in [0.25, 0.3) is 5.91 Å². The predicted octanol–water partition coefficient (Wildman–Crippen LogP) is 2.74. The quantitative estimate of drug-likeness (QED) is 0.647. The Labute approximate surface area is 117 Å². The Morgan fingerprint density at radius 2 is 1.80 bits per heavy atom. The molecule has 2 N–H and O–H groups in total. The summed E-state index contributed by atoms with van der Waals surface area (Å²) >= 11 is 0. The zero-order valence-electron chi connectivity index (χ0n) is 11.0. The molecular formula is C16H16N2O2. The molecule has 4 nitrogen and oxygen atoms in total. The molecule has 0 fully saturated rings. The Balaban J connectivity index is 1.79. The highest BCUT2D eigenvalue weighted by Gasteiger charge is 2.08. The Bertz CT molecular complexity index is 594. The molecule has 0 spiro atoms. The highest BCUT2D eigenvalue weighted by atomic mass is 16.3. The van der Waals surface area contributed by atoms with Crippen molar-refractivity contribution >= 4 is 12.1 Å². The van der Waals surface area contributed by atoms with Gasteiger partial charge in [-0.3, -0.25) is 4.79 Å². The number of rotatable bonds is 5. The second-order valence-electron chi connectivity index (χ2n) is 4.29. The minimum absolute atomic E-state index is 0.0514. The van der Waals surface area contributed by atoms with Crippen LogP contribution in [0.1, 0.15) is 22.3 Å². The van der Waals surface area contributed by atoms with E-state index in [9.17, 15) is 9.90 Å². The molecule has 0 bridgehead atoms. The number of aryl methyl sites for hydroxylation is 1. The van der Waals surface area contributed by atoms with E-state index < -0.39 is 5.91 Å². The molecule has 0 heterocycles. The van der Waals surface area contributed by atoms with Crippen LogP contribution in [0.5, 0.6) is 5.75 Å². The molecule has 0 radical (unpaired) electrons. The third kappa shape index (κ3) is 3.95. The van der Waals surface area contributed by atoms with Crippen molar-refractivity contribution in [2.24, 2.45) is 5.10 Å². The van der Waals surface area contributed by atoms with Gasteiger partial charge in [0.2, 0.25) is 0 Å². The number of hydrogen-bond acceptors (Lipinski definition) is 3. The van der Waals surface area contributed by atoms with Gasteiger partial charge in [-0.1, -0.05) is 42.5 Å². The highest BCUT2D eigenvalue weighted by molar-refractivity contribution is 5.96. The van der Waals surface area contributed by atoms with Gasteiger partial charge in [0, 0.05) is 6.21 Å². The second kappa shape index (κ2) is 7.09. The number of carbonyl (C=O) groups excluding carboxylic acids is 1. The van der Waals surface area contributed by atoms with E-state index in [2.05, 4.69) is 22.7 Å². The highest BCUT2D eigenvalue weighted by Crippen LogP contribution is 2.14. The molecule has 0 atom stereocenters. The van der Waals surface area contributed by atoms with Crippen LogP contribution in [0.2, 0.25) is 0 Å². The summed E-state index contributed by atoms with van der Waals surface area (Å²) in [6, 6.07) is 16.4. The fraction of sp³-hybridized carbons (Fsp3) is 0.125. The number of nitrogens with one attached hydrogen (secondary N) is 1. The van der Waals surface area contributed by atoms with E-state index in [0.29, 0.717) is 0 Å². The van der Waals surface area contributed by atoms with Crippen LogP contribution in [0.25, 0.3) is 0 Å². The number of aromatic hydroxyl groups is 1. The average Bonchev–Trinajstić information content (AvgIpc) is 2.48. The lowest BCUT2D eigenvalue weighted by Gasteiger charge is -2.01. The first-order valence-corrected chi connectivity index (χ1v) is 6.41. The van der Waals surface area contributed by atoms with Gasteiger partial charge in [0.1, 0.15) is 5.75 Å². The van der Waals surface area contributed by atoms with Crippen molar-refractivity contribution in [3.63, 3.8) is 0 Å². The topological polar surface area (TPSA) is 61.7 Å². The summed E-state index contributed by atoms with van der Waals surface area (Å²) in [5.41, 5.74) is 3.84. The average molecular weight is 268 g/mol. The molecule has 0 unspecified atom stereocenters. The van der Waals surface area contributed by atoms with Gasteiger partial charge < -0.3 is 5.11 Å². The zero-order chi connectivity index (χ0) is 14.2. The van der Waals surface area contributed by atoms with E-state index in [0.717, 1.165) is 12.8 Å². The zero-order valence-corrected chi connectivity index (χ0v) is 11.0. The first-order chi connectivity index (χ1) is 9.77. The molecule has 0 aromatic heterocycles. The van der Waals surface area contributed by atoms with Crippen LogP contribution in [0.15, 0.2) is 59.7 Å². The van der Waals surface area contributed by atoms with Crippen LogP contribution in [-0.2, 0) is 6.42 Å². The van der Waals surface area contributed by atoms with Crippen molar-refractivity contribution in [1.29, 1.82) is 0 Å². The molecular weight excluding hydrogens is 252 g/mol. The summed E-state index contributed by atoms with van der Waals surface area (Å²) in [7, 11) is 0. The number of benzene rings is 2. The van der Waals surface area contributed by atoms with Crippen LogP contribution >= 0.6 is 0 Å². The lowest BCUT2D eigenvalue weighted by Crippen LogP contribution is -2.17. The largest absolute Gasteiger partial charge is 0.507 e. The lowest BCUT2D eigenvalue weighted by atomic mass is 10.1. The molecule has 0 saturated carbocycles. The molecule has 20 heavy (non-hydrogen) atoms. The Hall–Kier alpha value is -2.62. The van der Waals surface area contributed by atoms with Crippen molar-refractivity contribution in [3.05, 3.63) is 65.7 Å². The maximum Gasteiger partial charge on any atom is 0.275 e. The summed E-state index contributed by atoms with van der Waals surface area (Å²) in [5, 5.41) is 13.4. The molecule has 0 saturated heterocycles. The standard InChI is InChI=1S/C16H16N2O2/c19-15-11-5-4-10-14(15)16(20)18-17-12-6-9-13-7-2-1-3-8-13/h1-5,7-8,10-12,19H,6,9H2,(H,18,20). The van der Waals surface area contributed by atoms with Crippen molar-refractivity contribution in [1.82, 2.24) is 5.43 Å². The summed E-state index contributed by atoms with van der Waals surface area (Å²) < 4.78 is 0. The van der Waals surface area contributed by atoms with Gasteiger partial charge >= 0.3 is 0 Å². The first kappa shape index (κ1) is 13.8. The number of para-hydroxylation sites is 1. The van der Waals surface area contributed by atoms with E-state index >= 15 is 0 Å². The number of hydrazone groups is 1. The van der Waals surface area contributed by atoms with Crippen LogP contribution in [-0.4, -0.2) is 17.2 Å². The first-order valence-electron chi connectivity index (χ1n) is 6.41. The number of phenols is 1. The SMILES string of the molecule is O=C(NN=CCCc1ccccc1)c1ccccc1O. The van der Waals surface area contributed by atoms with Gasteiger partial charge in [-0.2, -0.15) is 5.10 Å². The maximum absolute atomic E-state index is 11.7. The van der Waals surface area contributed by atoms with Gasteiger partial charge in [-0.15, -0.1) is 0 Å². The van der Waals surface area contributed by atoms with Crippen molar-refractivity contribution in [2.75, 3.05) is 0 Å². The normalized spacial score (nSPS) is 10.6. The summed E-state index contributed by atoms with van der Waals surface area (Å²) in [5.74, 6) is -0.469. The Morgan fingerprint density at radius 1 is 1.10 bits per heavy atom. The van der Waals surface area contributed by atoms with E-state index in [4.69, 9.17) is 0 Å². The molecule has 0 aliphatic carbocycles. The number of hydrogen-bond donors (Lipinski definition) is 2. The third-order valence-electron chi connectivity index (χ3n) is 2.81. The predicted molar refractivity (Wildman–Crippen MR) is 78.8 cm³/mol. The number of nitrogens with zero attached hydrogens (tertiary/aromatic N) is 1. The Morgan fingerprint density at radius 3 is 2.55 bits per heavy atom. The summed E-state index contributed by atoms with van der Waals surface area (Å²) in [6.45, 7) is 0. The molecule has 0 aliphatic heterocycles. The molecule has 2 aromatic rings. The van der Waals surface area contributed by atoms with Gasteiger partial charge in [0.15, 0.2) is 0 Å². The fourth-order valence-electron chi connectivity index (χ4n) is 1.77.